The average Bonchev–Trinajstić information content (AvgIpc) is 2.89. The summed E-state index contributed by atoms with van der Waals surface area (Å²) >= 11 is 1.60. The number of nitrogens with one attached hydrogen (secondary N) is 1. The van der Waals surface area contributed by atoms with Gasteiger partial charge in [0.05, 0.1) is 12.5 Å². The molecule has 0 aliphatic heterocycles. The summed E-state index contributed by atoms with van der Waals surface area (Å²) in [6.45, 7) is 3.81. The number of aryl methyl sites for hydroxylation is 1. The van der Waals surface area contributed by atoms with Crippen molar-refractivity contribution in [2.24, 2.45) is 0 Å². The van der Waals surface area contributed by atoms with E-state index >= 15 is 0 Å². The zero-order valence-corrected chi connectivity index (χ0v) is 10.7. The first-order valence-electron chi connectivity index (χ1n) is 5.52. The molecule has 3 nitrogen and oxygen atoms in total. The lowest BCUT2D eigenvalue weighted by Crippen LogP contribution is -2.27. The molecule has 2 aromatic heterocycles. The first-order chi connectivity index (χ1) is 8.15. The highest BCUT2D eigenvalue weighted by Crippen LogP contribution is 2.15. The van der Waals surface area contributed by atoms with E-state index in [0.29, 0.717) is 6.42 Å². The van der Waals surface area contributed by atoms with Crippen LogP contribution in [0.5, 0.6) is 0 Å². The Morgan fingerprint density at radius 2 is 2.29 bits per heavy atom. The van der Waals surface area contributed by atoms with E-state index in [4.69, 9.17) is 4.42 Å². The van der Waals surface area contributed by atoms with Gasteiger partial charge in [-0.3, -0.25) is 4.79 Å². The second-order valence-corrected chi connectivity index (χ2v) is 4.83. The molecular formula is C13H15NO2S. The van der Waals surface area contributed by atoms with Crippen LogP contribution < -0.4 is 5.32 Å². The molecular weight excluding hydrogens is 234 g/mol. The summed E-state index contributed by atoms with van der Waals surface area (Å²) in [5.41, 5.74) is 1.05. The molecule has 17 heavy (non-hydrogen) atoms. The number of amides is 1. The molecule has 90 valence electrons. The van der Waals surface area contributed by atoms with Crippen LogP contribution in [0.3, 0.4) is 0 Å². The summed E-state index contributed by atoms with van der Waals surface area (Å²) < 4.78 is 5.47. The Morgan fingerprint density at radius 1 is 1.47 bits per heavy atom. The van der Waals surface area contributed by atoms with E-state index in [-0.39, 0.29) is 11.9 Å². The molecule has 2 aromatic rings. The van der Waals surface area contributed by atoms with Gasteiger partial charge >= 0.3 is 0 Å². The van der Waals surface area contributed by atoms with Crippen molar-refractivity contribution < 1.29 is 9.21 Å². The quantitative estimate of drug-likeness (QED) is 0.904. The number of hydrogen-bond donors (Lipinski definition) is 1. The minimum absolute atomic E-state index is 0.0185. The van der Waals surface area contributed by atoms with Crippen molar-refractivity contribution in [3.8, 4) is 0 Å². The molecule has 1 atom stereocenters. The average molecular weight is 249 g/mol. The van der Waals surface area contributed by atoms with Gasteiger partial charge in [-0.2, -0.15) is 11.3 Å². The Labute approximate surface area is 104 Å². The van der Waals surface area contributed by atoms with Crippen LogP contribution in [0, 0.1) is 6.92 Å². The maximum atomic E-state index is 11.8. The molecule has 0 bridgehead atoms. The molecule has 0 aliphatic carbocycles. The number of thiophene rings is 1. The van der Waals surface area contributed by atoms with Gasteiger partial charge in [0.15, 0.2) is 0 Å². The monoisotopic (exact) mass is 249 g/mol. The maximum absolute atomic E-state index is 11.8. The molecule has 2 rings (SSSR count). The van der Waals surface area contributed by atoms with Crippen molar-refractivity contribution in [2.45, 2.75) is 26.3 Å². The van der Waals surface area contributed by atoms with Crippen molar-refractivity contribution >= 4 is 17.2 Å². The minimum Gasteiger partial charge on any atom is -0.464 e. The van der Waals surface area contributed by atoms with Crippen LogP contribution in [0.4, 0.5) is 0 Å². The predicted molar refractivity (Wildman–Crippen MR) is 68.0 cm³/mol. The lowest BCUT2D eigenvalue weighted by atomic mass is 10.2. The normalized spacial score (nSPS) is 12.4. The molecule has 1 amide bonds. The fraction of sp³-hybridized carbons (Fsp3) is 0.308. The van der Waals surface area contributed by atoms with E-state index in [2.05, 4.69) is 5.32 Å². The second kappa shape index (κ2) is 5.19. The lowest BCUT2D eigenvalue weighted by molar-refractivity contribution is -0.121. The van der Waals surface area contributed by atoms with Crippen LogP contribution in [0.2, 0.25) is 0 Å². The standard InChI is InChI=1S/C13H15NO2S/c1-9-3-4-12(16-9)10(2)14-13(15)7-11-5-6-17-8-11/h3-6,8,10H,7H2,1-2H3,(H,14,15)/t10-/m1/s1. The summed E-state index contributed by atoms with van der Waals surface area (Å²) in [6.07, 6.45) is 0.424. The second-order valence-electron chi connectivity index (χ2n) is 4.05. The van der Waals surface area contributed by atoms with Gasteiger partial charge in [0.1, 0.15) is 11.5 Å². The Hall–Kier alpha value is -1.55. The molecule has 0 saturated heterocycles. The third-order valence-corrected chi connectivity index (χ3v) is 3.24. The van der Waals surface area contributed by atoms with Crippen molar-refractivity contribution in [2.75, 3.05) is 0 Å². The van der Waals surface area contributed by atoms with Gasteiger partial charge in [-0.15, -0.1) is 0 Å². The first kappa shape index (κ1) is 11.9. The van der Waals surface area contributed by atoms with Crippen molar-refractivity contribution in [1.82, 2.24) is 5.32 Å². The van der Waals surface area contributed by atoms with Crippen molar-refractivity contribution in [1.29, 1.82) is 0 Å². The van der Waals surface area contributed by atoms with Crippen LogP contribution in [0.25, 0.3) is 0 Å². The fourth-order valence-corrected chi connectivity index (χ4v) is 2.30. The number of hydrogen-bond acceptors (Lipinski definition) is 3. The molecule has 0 fully saturated rings. The fourth-order valence-electron chi connectivity index (χ4n) is 1.63. The van der Waals surface area contributed by atoms with Crippen molar-refractivity contribution in [3.63, 3.8) is 0 Å². The largest absolute Gasteiger partial charge is 0.464 e. The van der Waals surface area contributed by atoms with Crippen LogP contribution in [-0.2, 0) is 11.2 Å². The summed E-state index contributed by atoms with van der Waals surface area (Å²) in [4.78, 5) is 11.8. The van der Waals surface area contributed by atoms with E-state index in [1.165, 1.54) is 0 Å². The van der Waals surface area contributed by atoms with Gasteiger partial charge in [0.25, 0.3) is 0 Å². The smallest absolute Gasteiger partial charge is 0.225 e. The highest BCUT2D eigenvalue weighted by Gasteiger charge is 2.12. The number of carbonyl (C=O) groups excluding carboxylic acids is 1. The summed E-state index contributed by atoms with van der Waals surface area (Å²) in [5.74, 6) is 1.67. The highest BCUT2D eigenvalue weighted by molar-refractivity contribution is 7.07. The molecule has 0 aliphatic rings. The molecule has 0 spiro atoms. The SMILES string of the molecule is Cc1ccc([C@@H](C)NC(=O)Cc2ccsc2)o1. The van der Waals surface area contributed by atoms with Gasteiger partial charge in [-0.1, -0.05) is 0 Å². The van der Waals surface area contributed by atoms with E-state index in [1.807, 2.05) is 42.8 Å². The van der Waals surface area contributed by atoms with Gasteiger partial charge in [-0.05, 0) is 48.4 Å². The lowest BCUT2D eigenvalue weighted by Gasteiger charge is -2.10. The molecule has 1 N–H and O–H groups in total. The zero-order chi connectivity index (χ0) is 12.3. The Balaban J connectivity index is 1.90. The minimum atomic E-state index is -0.0881. The van der Waals surface area contributed by atoms with Crippen LogP contribution in [0.1, 0.15) is 30.0 Å². The van der Waals surface area contributed by atoms with Crippen LogP contribution in [0.15, 0.2) is 33.4 Å². The van der Waals surface area contributed by atoms with E-state index in [9.17, 15) is 4.79 Å². The Kier molecular flexibility index (Phi) is 3.64. The number of furan rings is 1. The maximum Gasteiger partial charge on any atom is 0.225 e. The number of carbonyl (C=O) groups is 1. The van der Waals surface area contributed by atoms with E-state index in [1.54, 1.807) is 11.3 Å². The molecule has 4 heteroatoms. The topological polar surface area (TPSA) is 42.2 Å². The third kappa shape index (κ3) is 3.20. The summed E-state index contributed by atoms with van der Waals surface area (Å²) in [5, 5.41) is 6.88. The highest BCUT2D eigenvalue weighted by atomic mass is 32.1. The molecule has 0 radical (unpaired) electrons. The first-order valence-corrected chi connectivity index (χ1v) is 6.46. The predicted octanol–water partition coefficient (Wildman–Crippen LogP) is 3.07. The molecule has 0 aromatic carbocycles. The summed E-state index contributed by atoms with van der Waals surface area (Å²) in [6, 6.07) is 5.67. The van der Waals surface area contributed by atoms with Gasteiger partial charge in [0.2, 0.25) is 5.91 Å². The van der Waals surface area contributed by atoms with Crippen LogP contribution in [-0.4, -0.2) is 5.91 Å². The van der Waals surface area contributed by atoms with Gasteiger partial charge in [0, 0.05) is 0 Å². The number of rotatable bonds is 4. The van der Waals surface area contributed by atoms with Gasteiger partial charge in [-0.25, -0.2) is 0 Å². The summed E-state index contributed by atoms with van der Waals surface area (Å²) in [7, 11) is 0. The molecule has 0 saturated carbocycles. The Bertz CT molecular complexity index is 487. The van der Waals surface area contributed by atoms with E-state index in [0.717, 1.165) is 17.1 Å². The third-order valence-electron chi connectivity index (χ3n) is 2.51. The molecule has 2 heterocycles. The van der Waals surface area contributed by atoms with E-state index < -0.39 is 0 Å². The zero-order valence-electron chi connectivity index (χ0n) is 9.90. The Morgan fingerprint density at radius 3 is 2.88 bits per heavy atom. The van der Waals surface area contributed by atoms with Crippen LogP contribution >= 0.6 is 11.3 Å². The molecule has 0 unspecified atom stereocenters. The van der Waals surface area contributed by atoms with Crippen molar-refractivity contribution in [3.05, 3.63) is 46.0 Å². The van der Waals surface area contributed by atoms with Gasteiger partial charge < -0.3 is 9.73 Å².